The summed E-state index contributed by atoms with van der Waals surface area (Å²) in [6.07, 6.45) is 9.27. The molecule has 4 saturated carbocycles. The van der Waals surface area contributed by atoms with E-state index in [4.69, 9.17) is 0 Å². The molecule has 150 valence electrons. The predicted octanol–water partition coefficient (Wildman–Crippen LogP) is 4.78. The topological polar surface area (TPSA) is 49.4 Å². The van der Waals surface area contributed by atoms with Crippen LogP contribution < -0.4 is 10.2 Å². The molecular formula is C24H32N2O2. The van der Waals surface area contributed by atoms with Crippen LogP contribution in [-0.2, 0) is 16.0 Å². The first-order valence-corrected chi connectivity index (χ1v) is 11.2. The number of hydrogen-bond donors (Lipinski definition) is 1. The van der Waals surface area contributed by atoms with Crippen molar-refractivity contribution in [3.63, 3.8) is 0 Å². The smallest absolute Gasteiger partial charge is 0.230 e. The Morgan fingerprint density at radius 2 is 1.71 bits per heavy atom. The largest absolute Gasteiger partial charge is 0.326 e. The minimum Gasteiger partial charge on any atom is -0.326 e. The average molecular weight is 381 g/mol. The molecule has 6 rings (SSSR count). The van der Waals surface area contributed by atoms with Gasteiger partial charge in [-0.3, -0.25) is 9.59 Å². The molecule has 4 bridgehead atoms. The van der Waals surface area contributed by atoms with Gasteiger partial charge in [-0.25, -0.2) is 0 Å². The highest BCUT2D eigenvalue weighted by Gasteiger charge is 2.54. The number of aryl methyl sites for hydroxylation is 1. The van der Waals surface area contributed by atoms with Crippen molar-refractivity contribution in [2.24, 2.45) is 29.1 Å². The molecule has 28 heavy (non-hydrogen) atoms. The van der Waals surface area contributed by atoms with E-state index in [0.717, 1.165) is 67.8 Å². The molecular weight excluding hydrogens is 348 g/mol. The number of nitrogens with one attached hydrogen (secondary N) is 1. The number of anilines is 2. The summed E-state index contributed by atoms with van der Waals surface area (Å²) in [5.74, 6) is 2.67. The lowest BCUT2D eigenvalue weighted by atomic mass is 9.49. The van der Waals surface area contributed by atoms with E-state index in [2.05, 4.69) is 11.4 Å². The highest BCUT2D eigenvalue weighted by atomic mass is 16.2. The van der Waals surface area contributed by atoms with Crippen molar-refractivity contribution in [1.29, 1.82) is 0 Å². The predicted molar refractivity (Wildman–Crippen MR) is 111 cm³/mol. The Labute approximate surface area is 168 Å². The fourth-order valence-corrected chi connectivity index (χ4v) is 6.85. The fourth-order valence-electron chi connectivity index (χ4n) is 6.85. The highest BCUT2D eigenvalue weighted by molar-refractivity contribution is 5.99. The van der Waals surface area contributed by atoms with Gasteiger partial charge in [-0.15, -0.1) is 0 Å². The Hall–Kier alpha value is -1.84. The third kappa shape index (κ3) is 2.96. The van der Waals surface area contributed by atoms with Crippen LogP contribution in [0.15, 0.2) is 18.2 Å². The maximum absolute atomic E-state index is 13.4. The normalized spacial score (nSPS) is 33.1. The summed E-state index contributed by atoms with van der Waals surface area (Å²) in [6.45, 7) is 4.68. The van der Waals surface area contributed by atoms with Crippen molar-refractivity contribution in [3.05, 3.63) is 23.8 Å². The summed E-state index contributed by atoms with van der Waals surface area (Å²) in [5.41, 5.74) is 2.92. The van der Waals surface area contributed by atoms with E-state index in [1.807, 2.05) is 30.9 Å². The van der Waals surface area contributed by atoms with Crippen LogP contribution in [0, 0.1) is 29.1 Å². The summed E-state index contributed by atoms with van der Waals surface area (Å²) in [5, 5.41) is 3.26. The molecule has 4 fully saturated rings. The van der Waals surface area contributed by atoms with Crippen molar-refractivity contribution < 1.29 is 9.59 Å². The van der Waals surface area contributed by atoms with Crippen molar-refractivity contribution in [3.8, 4) is 0 Å². The van der Waals surface area contributed by atoms with E-state index in [-0.39, 0.29) is 23.1 Å². The molecule has 0 aromatic heterocycles. The van der Waals surface area contributed by atoms with E-state index in [0.29, 0.717) is 0 Å². The van der Waals surface area contributed by atoms with E-state index in [1.54, 1.807) is 0 Å². The van der Waals surface area contributed by atoms with E-state index >= 15 is 0 Å². The van der Waals surface area contributed by atoms with Gasteiger partial charge in [-0.2, -0.15) is 0 Å². The zero-order valence-corrected chi connectivity index (χ0v) is 17.2. The van der Waals surface area contributed by atoms with Crippen LogP contribution in [0.2, 0.25) is 0 Å². The Morgan fingerprint density at radius 3 is 2.32 bits per heavy atom. The SMILES string of the molecule is CC(C)C(=O)N1CCCc2ccc(NC(=O)C34CC5CC(CC(C5)C3)C4)cc21. The van der Waals surface area contributed by atoms with Crippen LogP contribution in [0.5, 0.6) is 0 Å². The lowest BCUT2D eigenvalue weighted by Crippen LogP contribution is -2.51. The highest BCUT2D eigenvalue weighted by Crippen LogP contribution is 2.60. The molecule has 0 atom stereocenters. The van der Waals surface area contributed by atoms with Gasteiger partial charge in [-0.05, 0) is 86.8 Å². The Balaban J connectivity index is 1.38. The third-order valence-corrected chi connectivity index (χ3v) is 7.74. The van der Waals surface area contributed by atoms with Crippen molar-refractivity contribution in [2.45, 2.75) is 65.2 Å². The first-order chi connectivity index (χ1) is 13.4. The molecule has 4 nitrogen and oxygen atoms in total. The fraction of sp³-hybridized carbons (Fsp3) is 0.667. The maximum atomic E-state index is 13.4. The quantitative estimate of drug-likeness (QED) is 0.821. The lowest BCUT2D eigenvalue weighted by molar-refractivity contribution is -0.140. The molecule has 1 aromatic carbocycles. The van der Waals surface area contributed by atoms with Gasteiger partial charge in [-0.1, -0.05) is 19.9 Å². The van der Waals surface area contributed by atoms with Crippen LogP contribution in [0.25, 0.3) is 0 Å². The van der Waals surface area contributed by atoms with Gasteiger partial charge in [0.15, 0.2) is 0 Å². The van der Waals surface area contributed by atoms with Gasteiger partial charge < -0.3 is 10.2 Å². The Kier molecular flexibility index (Phi) is 4.29. The summed E-state index contributed by atoms with van der Waals surface area (Å²) >= 11 is 0. The summed E-state index contributed by atoms with van der Waals surface area (Å²) in [7, 11) is 0. The molecule has 1 N–H and O–H groups in total. The zero-order chi connectivity index (χ0) is 19.5. The second kappa shape index (κ2) is 6.60. The summed E-state index contributed by atoms with van der Waals surface area (Å²) in [6, 6.07) is 6.16. The number of hydrogen-bond acceptors (Lipinski definition) is 2. The molecule has 1 heterocycles. The van der Waals surface area contributed by atoms with Crippen LogP contribution in [0.3, 0.4) is 0 Å². The minimum atomic E-state index is -0.141. The van der Waals surface area contributed by atoms with Gasteiger partial charge in [0, 0.05) is 23.8 Å². The molecule has 0 radical (unpaired) electrons. The molecule has 0 unspecified atom stereocenters. The van der Waals surface area contributed by atoms with Gasteiger partial charge >= 0.3 is 0 Å². The van der Waals surface area contributed by atoms with E-state index in [1.165, 1.54) is 24.8 Å². The number of fused-ring (bicyclic) bond motifs is 1. The zero-order valence-electron chi connectivity index (χ0n) is 17.2. The molecule has 1 aliphatic heterocycles. The van der Waals surface area contributed by atoms with Crippen molar-refractivity contribution >= 4 is 23.2 Å². The van der Waals surface area contributed by atoms with Gasteiger partial charge in [0.25, 0.3) is 0 Å². The standard InChI is InChI=1S/C24H32N2O2/c1-15(2)22(27)26-7-3-4-19-5-6-20(11-21(19)26)25-23(28)24-12-16-8-17(13-24)10-18(9-16)14-24/h5-6,11,15-18H,3-4,7-10,12-14H2,1-2H3,(H,25,28). The average Bonchev–Trinajstić information content (AvgIpc) is 2.65. The lowest BCUT2D eigenvalue weighted by Gasteiger charge is -2.55. The monoisotopic (exact) mass is 380 g/mol. The van der Waals surface area contributed by atoms with Crippen LogP contribution in [0.1, 0.15) is 64.4 Å². The number of benzene rings is 1. The molecule has 2 amide bonds. The second-order valence-corrected chi connectivity index (χ2v) is 10.2. The van der Waals surface area contributed by atoms with Crippen molar-refractivity contribution in [2.75, 3.05) is 16.8 Å². The first-order valence-electron chi connectivity index (χ1n) is 11.2. The summed E-state index contributed by atoms with van der Waals surface area (Å²) < 4.78 is 0. The summed E-state index contributed by atoms with van der Waals surface area (Å²) in [4.78, 5) is 27.9. The molecule has 4 aliphatic carbocycles. The minimum absolute atomic E-state index is 0.0174. The van der Waals surface area contributed by atoms with Crippen LogP contribution in [0.4, 0.5) is 11.4 Å². The van der Waals surface area contributed by atoms with E-state index < -0.39 is 0 Å². The first kappa shape index (κ1) is 18.2. The molecule has 5 aliphatic rings. The molecule has 1 aromatic rings. The van der Waals surface area contributed by atoms with Gasteiger partial charge in [0.2, 0.25) is 11.8 Å². The van der Waals surface area contributed by atoms with E-state index in [9.17, 15) is 9.59 Å². The number of amides is 2. The number of carbonyl (C=O) groups is 2. The number of carbonyl (C=O) groups excluding carboxylic acids is 2. The molecule has 4 heteroatoms. The second-order valence-electron chi connectivity index (χ2n) is 10.2. The van der Waals surface area contributed by atoms with Gasteiger partial charge in [0.05, 0.1) is 5.41 Å². The Morgan fingerprint density at radius 1 is 1.07 bits per heavy atom. The Bertz CT molecular complexity index is 778. The van der Waals surface area contributed by atoms with Crippen molar-refractivity contribution in [1.82, 2.24) is 0 Å². The van der Waals surface area contributed by atoms with Crippen LogP contribution in [-0.4, -0.2) is 18.4 Å². The number of rotatable bonds is 3. The molecule has 0 spiro atoms. The molecule has 0 saturated heterocycles. The number of nitrogens with zero attached hydrogens (tertiary/aromatic N) is 1. The third-order valence-electron chi connectivity index (χ3n) is 7.74. The van der Waals surface area contributed by atoms with Crippen LogP contribution >= 0.6 is 0 Å². The maximum Gasteiger partial charge on any atom is 0.230 e. The van der Waals surface area contributed by atoms with Gasteiger partial charge in [0.1, 0.15) is 0 Å².